The molecule has 3 heterocycles. The van der Waals surface area contributed by atoms with Gasteiger partial charge in [0.25, 0.3) is 5.69 Å². The van der Waals surface area contributed by atoms with Crippen LogP contribution in [-0.4, -0.2) is 85.9 Å². The molecule has 0 amide bonds. The normalized spacial score (nSPS) is 15.3. The van der Waals surface area contributed by atoms with Crippen molar-refractivity contribution >= 4 is 27.0 Å². The number of benzene rings is 1. The van der Waals surface area contributed by atoms with Crippen molar-refractivity contribution in [1.82, 2.24) is 23.9 Å². The minimum absolute atomic E-state index is 0.104. The molecule has 0 saturated carbocycles. The van der Waals surface area contributed by atoms with Crippen molar-refractivity contribution in [2.45, 2.75) is 11.4 Å². The Bertz CT molecular complexity index is 1230. The summed E-state index contributed by atoms with van der Waals surface area (Å²) < 4.78 is 29.6. The average Bonchev–Trinajstić information content (AvgIpc) is 3.21. The van der Waals surface area contributed by atoms with Gasteiger partial charge in [0.1, 0.15) is 11.3 Å². The topological polar surface area (TPSA) is 116 Å². The summed E-state index contributed by atoms with van der Waals surface area (Å²) in [6.45, 7) is 4.09. The van der Waals surface area contributed by atoms with E-state index < -0.39 is 14.9 Å². The third kappa shape index (κ3) is 5.53. The lowest BCUT2D eigenvalue weighted by molar-refractivity contribution is -0.384. The molecule has 2 aromatic heterocycles. The summed E-state index contributed by atoms with van der Waals surface area (Å²) in [5, 5.41) is 11.8. The number of sulfonamides is 1. The zero-order chi connectivity index (χ0) is 24.3. The molecule has 3 aromatic rings. The maximum atomic E-state index is 12.6. The van der Waals surface area contributed by atoms with Gasteiger partial charge in [0.2, 0.25) is 10.0 Å². The van der Waals surface area contributed by atoms with Crippen molar-refractivity contribution in [2.24, 2.45) is 0 Å². The Morgan fingerprint density at radius 3 is 2.59 bits per heavy atom. The number of nitrogens with one attached hydrogen (secondary N) is 1. The lowest BCUT2D eigenvalue weighted by Crippen LogP contribution is -2.46. The van der Waals surface area contributed by atoms with Gasteiger partial charge in [-0.25, -0.2) is 18.1 Å². The number of nitrogens with zero attached hydrogens (tertiary/aromatic N) is 6. The van der Waals surface area contributed by atoms with Gasteiger partial charge in [-0.3, -0.25) is 15.0 Å². The minimum atomic E-state index is -3.83. The van der Waals surface area contributed by atoms with E-state index in [1.165, 1.54) is 12.1 Å². The van der Waals surface area contributed by atoms with Crippen molar-refractivity contribution in [3.8, 4) is 0 Å². The molecule has 1 aliphatic heterocycles. The molecular formula is C22H29N7O4S. The van der Waals surface area contributed by atoms with Crippen LogP contribution in [0.25, 0.3) is 5.65 Å². The summed E-state index contributed by atoms with van der Waals surface area (Å²) in [6, 6.07) is 9.99. The van der Waals surface area contributed by atoms with Crippen molar-refractivity contribution in [1.29, 1.82) is 0 Å². The van der Waals surface area contributed by atoms with E-state index in [2.05, 4.69) is 14.6 Å². The first kappa shape index (κ1) is 24.1. The van der Waals surface area contributed by atoms with E-state index in [9.17, 15) is 18.5 Å². The number of aromatic nitrogens is 2. The molecule has 4 rings (SSSR count). The van der Waals surface area contributed by atoms with Crippen LogP contribution in [0.3, 0.4) is 0 Å². The van der Waals surface area contributed by atoms with Crippen LogP contribution in [0.2, 0.25) is 0 Å². The van der Waals surface area contributed by atoms with Gasteiger partial charge >= 0.3 is 0 Å². The van der Waals surface area contributed by atoms with Gasteiger partial charge in [-0.05, 0) is 38.4 Å². The first-order valence-electron chi connectivity index (χ1n) is 11.1. The van der Waals surface area contributed by atoms with Crippen molar-refractivity contribution in [2.75, 3.05) is 58.3 Å². The maximum Gasteiger partial charge on any atom is 0.293 e. The highest BCUT2D eigenvalue weighted by Crippen LogP contribution is 2.31. The van der Waals surface area contributed by atoms with Crippen LogP contribution in [0.15, 0.2) is 53.7 Å². The highest BCUT2D eigenvalue weighted by Gasteiger charge is 2.27. The highest BCUT2D eigenvalue weighted by atomic mass is 32.2. The van der Waals surface area contributed by atoms with E-state index in [1.54, 1.807) is 0 Å². The molecule has 1 fully saturated rings. The van der Waals surface area contributed by atoms with Crippen LogP contribution >= 0.6 is 0 Å². The Kier molecular flexibility index (Phi) is 7.12. The molecule has 1 saturated heterocycles. The largest absolute Gasteiger partial charge is 0.363 e. The first-order chi connectivity index (χ1) is 16.2. The molecule has 182 valence electrons. The Hall–Kier alpha value is -3.06. The summed E-state index contributed by atoms with van der Waals surface area (Å²) in [7, 11) is -0.154. The van der Waals surface area contributed by atoms with Gasteiger partial charge in [-0.2, -0.15) is 0 Å². The number of fused-ring (bicyclic) bond motifs is 1. The van der Waals surface area contributed by atoms with Gasteiger partial charge in [-0.1, -0.05) is 6.07 Å². The molecule has 0 bridgehead atoms. The zero-order valence-electron chi connectivity index (χ0n) is 19.3. The summed E-state index contributed by atoms with van der Waals surface area (Å²) in [4.78, 5) is 21.8. The zero-order valence-corrected chi connectivity index (χ0v) is 20.1. The van der Waals surface area contributed by atoms with Crippen molar-refractivity contribution in [3.05, 3.63) is 64.6 Å². The minimum Gasteiger partial charge on any atom is -0.363 e. The van der Waals surface area contributed by atoms with Crippen LogP contribution in [0.5, 0.6) is 0 Å². The van der Waals surface area contributed by atoms with E-state index in [0.717, 1.165) is 30.5 Å². The molecule has 1 aromatic carbocycles. The number of nitro groups is 1. The third-order valence-corrected chi connectivity index (χ3v) is 7.28. The second-order valence-corrected chi connectivity index (χ2v) is 10.3. The number of hydrogen-bond acceptors (Lipinski definition) is 8. The quantitative estimate of drug-likeness (QED) is 0.356. The number of anilines is 1. The van der Waals surface area contributed by atoms with E-state index in [0.29, 0.717) is 31.9 Å². The number of piperazine rings is 1. The van der Waals surface area contributed by atoms with Gasteiger partial charge < -0.3 is 14.2 Å². The molecule has 0 radical (unpaired) electrons. The Morgan fingerprint density at radius 2 is 1.91 bits per heavy atom. The van der Waals surface area contributed by atoms with Crippen LogP contribution in [0.1, 0.15) is 5.69 Å². The summed E-state index contributed by atoms with van der Waals surface area (Å²) >= 11 is 0. The van der Waals surface area contributed by atoms with Crippen LogP contribution < -0.4 is 9.62 Å². The maximum absolute atomic E-state index is 12.6. The highest BCUT2D eigenvalue weighted by molar-refractivity contribution is 7.89. The second kappa shape index (κ2) is 10.1. The number of nitro benzene ring substituents is 1. The van der Waals surface area contributed by atoms with Crippen LogP contribution in [-0.2, 0) is 16.6 Å². The lowest BCUT2D eigenvalue weighted by atomic mass is 10.2. The molecule has 0 spiro atoms. The average molecular weight is 488 g/mol. The summed E-state index contributed by atoms with van der Waals surface area (Å²) in [5.74, 6) is 0. The van der Waals surface area contributed by atoms with Gasteiger partial charge in [0.15, 0.2) is 0 Å². The molecule has 1 aliphatic rings. The SMILES string of the molecule is CN(C)CCNS(=O)(=O)c1ccc(N2CCN(Cc3cn4ccccc4n3)CC2)c([N+](=O)[O-])c1. The number of hydrogen-bond donors (Lipinski definition) is 1. The first-order valence-corrected chi connectivity index (χ1v) is 12.5. The fourth-order valence-electron chi connectivity index (χ4n) is 4.01. The van der Waals surface area contributed by atoms with Crippen LogP contribution in [0, 0.1) is 10.1 Å². The van der Waals surface area contributed by atoms with Gasteiger partial charge in [0.05, 0.1) is 15.5 Å². The molecule has 11 nitrogen and oxygen atoms in total. The van der Waals surface area contributed by atoms with Crippen LogP contribution in [0.4, 0.5) is 11.4 Å². The number of imidazole rings is 1. The number of pyridine rings is 1. The molecular weight excluding hydrogens is 458 g/mol. The predicted molar refractivity (Wildman–Crippen MR) is 130 cm³/mol. The molecule has 0 atom stereocenters. The standard InChI is InChI=1S/C22H29N7O4S/c1-25(2)10-8-23-34(32,33)19-6-7-20(21(15-19)29(30)31)27-13-11-26(12-14-27)16-18-17-28-9-4-3-5-22(28)24-18/h3-7,9,15,17,23H,8,10-14,16H2,1-2H3. The predicted octanol–water partition coefficient (Wildman–Crippen LogP) is 1.40. The summed E-state index contributed by atoms with van der Waals surface area (Å²) in [5.41, 5.74) is 2.11. The molecule has 0 aliphatic carbocycles. The van der Waals surface area contributed by atoms with Gasteiger partial charge in [-0.15, -0.1) is 0 Å². The molecule has 1 N–H and O–H groups in total. The summed E-state index contributed by atoms with van der Waals surface area (Å²) in [6.07, 6.45) is 3.98. The fourth-order valence-corrected chi connectivity index (χ4v) is 5.05. The molecule has 0 unspecified atom stereocenters. The van der Waals surface area contributed by atoms with Crippen molar-refractivity contribution < 1.29 is 13.3 Å². The Balaban J connectivity index is 1.43. The monoisotopic (exact) mass is 487 g/mol. The number of likely N-dealkylation sites (N-methyl/N-ethyl adjacent to an activating group) is 1. The van der Waals surface area contributed by atoms with E-state index in [-0.39, 0.29) is 17.1 Å². The number of rotatable bonds is 9. The Morgan fingerprint density at radius 1 is 1.15 bits per heavy atom. The third-order valence-electron chi connectivity index (χ3n) is 5.82. The lowest BCUT2D eigenvalue weighted by Gasteiger charge is -2.35. The van der Waals surface area contributed by atoms with Gasteiger partial charge in [0, 0.05) is 64.3 Å². The fraction of sp³-hybridized carbons (Fsp3) is 0.409. The van der Waals surface area contributed by atoms with E-state index in [1.807, 2.05) is 58.9 Å². The van der Waals surface area contributed by atoms with E-state index >= 15 is 0 Å². The van der Waals surface area contributed by atoms with Crippen molar-refractivity contribution in [3.63, 3.8) is 0 Å². The van der Waals surface area contributed by atoms with E-state index in [4.69, 9.17) is 0 Å². The molecule has 34 heavy (non-hydrogen) atoms. The molecule has 12 heteroatoms. The second-order valence-electron chi connectivity index (χ2n) is 8.57. The Labute approximate surface area is 198 Å². The smallest absolute Gasteiger partial charge is 0.293 e.